The van der Waals surface area contributed by atoms with Crippen LogP contribution in [0.3, 0.4) is 0 Å². The van der Waals surface area contributed by atoms with Crippen LogP contribution in [0.4, 0.5) is 11.4 Å². The van der Waals surface area contributed by atoms with Crippen LogP contribution in [0.1, 0.15) is 12.0 Å². The molecule has 3 aromatic carbocycles. The van der Waals surface area contributed by atoms with Gasteiger partial charge in [0.25, 0.3) is 0 Å². The molecule has 3 N–H and O–H groups in total. The molecule has 3 aromatic rings. The first kappa shape index (κ1) is 14.1. The zero-order valence-electron chi connectivity index (χ0n) is 12.3. The number of benzene rings is 3. The van der Waals surface area contributed by atoms with E-state index in [2.05, 4.69) is 5.32 Å². The molecule has 1 amide bonds. The van der Waals surface area contributed by atoms with Crippen LogP contribution in [0.15, 0.2) is 66.7 Å². The third kappa shape index (κ3) is 3.26. The fraction of sp³-hybridized carbons (Fsp3) is 0.105. The number of carbonyl (C=O) groups excluding carboxylic acids is 1. The Kier molecular flexibility index (Phi) is 4.05. The highest BCUT2D eigenvalue weighted by molar-refractivity contribution is 6.02. The van der Waals surface area contributed by atoms with Gasteiger partial charge in [-0.15, -0.1) is 0 Å². The molecule has 0 radical (unpaired) electrons. The van der Waals surface area contributed by atoms with Crippen LogP contribution < -0.4 is 11.1 Å². The van der Waals surface area contributed by atoms with E-state index in [0.717, 1.165) is 27.7 Å². The number of hydrogen-bond donors (Lipinski definition) is 2. The highest BCUT2D eigenvalue weighted by Crippen LogP contribution is 2.23. The first-order chi connectivity index (χ1) is 10.7. The minimum atomic E-state index is 0.0215. The summed E-state index contributed by atoms with van der Waals surface area (Å²) >= 11 is 0. The van der Waals surface area contributed by atoms with Crippen LogP contribution in [-0.2, 0) is 11.2 Å². The quantitative estimate of drug-likeness (QED) is 0.714. The van der Waals surface area contributed by atoms with Gasteiger partial charge in [-0.3, -0.25) is 4.79 Å². The summed E-state index contributed by atoms with van der Waals surface area (Å²) in [6, 6.07) is 21.6. The van der Waals surface area contributed by atoms with Gasteiger partial charge in [0, 0.05) is 23.2 Å². The average Bonchev–Trinajstić information content (AvgIpc) is 2.55. The van der Waals surface area contributed by atoms with Crippen molar-refractivity contribution >= 4 is 28.1 Å². The van der Waals surface area contributed by atoms with E-state index in [0.29, 0.717) is 12.8 Å². The maximum Gasteiger partial charge on any atom is 0.224 e. The molecule has 0 aliphatic carbocycles. The summed E-state index contributed by atoms with van der Waals surface area (Å²) in [6.07, 6.45) is 1.16. The molecule has 0 bridgehead atoms. The molecule has 3 nitrogen and oxygen atoms in total. The van der Waals surface area contributed by atoms with Crippen LogP contribution in [-0.4, -0.2) is 5.91 Å². The maximum absolute atomic E-state index is 12.2. The summed E-state index contributed by atoms with van der Waals surface area (Å²) in [6.45, 7) is 0. The second-order valence-corrected chi connectivity index (χ2v) is 5.32. The summed E-state index contributed by atoms with van der Waals surface area (Å²) in [4.78, 5) is 12.2. The topological polar surface area (TPSA) is 55.1 Å². The van der Waals surface area contributed by atoms with E-state index >= 15 is 0 Å². The lowest BCUT2D eigenvalue weighted by Crippen LogP contribution is -2.12. The van der Waals surface area contributed by atoms with Gasteiger partial charge in [-0.2, -0.15) is 0 Å². The van der Waals surface area contributed by atoms with Gasteiger partial charge in [0.2, 0.25) is 5.91 Å². The van der Waals surface area contributed by atoms with Crippen LogP contribution >= 0.6 is 0 Å². The molecule has 0 saturated carbocycles. The third-order valence-corrected chi connectivity index (χ3v) is 3.68. The Morgan fingerprint density at radius 3 is 2.45 bits per heavy atom. The van der Waals surface area contributed by atoms with Gasteiger partial charge in [0.1, 0.15) is 0 Å². The lowest BCUT2D eigenvalue weighted by Gasteiger charge is -2.09. The molecule has 22 heavy (non-hydrogen) atoms. The zero-order valence-corrected chi connectivity index (χ0v) is 12.3. The van der Waals surface area contributed by atoms with E-state index in [1.807, 2.05) is 66.7 Å². The van der Waals surface area contributed by atoms with E-state index in [1.165, 1.54) is 0 Å². The summed E-state index contributed by atoms with van der Waals surface area (Å²) < 4.78 is 0. The third-order valence-electron chi connectivity index (χ3n) is 3.68. The monoisotopic (exact) mass is 290 g/mol. The van der Waals surface area contributed by atoms with Gasteiger partial charge >= 0.3 is 0 Å². The molecule has 0 atom stereocenters. The predicted octanol–water partition coefficient (Wildman–Crippen LogP) is 3.99. The Balaban J connectivity index is 1.67. The normalized spacial score (nSPS) is 10.5. The van der Waals surface area contributed by atoms with E-state index in [-0.39, 0.29) is 5.91 Å². The predicted molar refractivity (Wildman–Crippen MR) is 91.8 cm³/mol. The summed E-state index contributed by atoms with van der Waals surface area (Å²) in [5, 5.41) is 5.19. The van der Waals surface area contributed by atoms with E-state index in [4.69, 9.17) is 5.73 Å². The summed E-state index contributed by atoms with van der Waals surface area (Å²) in [7, 11) is 0. The average molecular weight is 290 g/mol. The van der Waals surface area contributed by atoms with Crippen molar-refractivity contribution in [1.29, 1.82) is 0 Å². The second-order valence-electron chi connectivity index (χ2n) is 5.32. The van der Waals surface area contributed by atoms with Crippen molar-refractivity contribution in [3.63, 3.8) is 0 Å². The minimum absolute atomic E-state index is 0.0215. The number of anilines is 2. The van der Waals surface area contributed by atoms with E-state index in [1.54, 1.807) is 0 Å². The van der Waals surface area contributed by atoms with Crippen LogP contribution in [0, 0.1) is 0 Å². The highest BCUT2D eigenvalue weighted by Gasteiger charge is 2.06. The number of carbonyl (C=O) groups is 1. The number of hydrogen-bond acceptors (Lipinski definition) is 2. The molecule has 0 unspecified atom stereocenters. The number of rotatable bonds is 4. The number of aryl methyl sites for hydroxylation is 1. The second kappa shape index (κ2) is 6.31. The highest BCUT2D eigenvalue weighted by atomic mass is 16.1. The molecule has 0 aliphatic rings. The van der Waals surface area contributed by atoms with Crippen molar-refractivity contribution in [3.8, 4) is 0 Å². The molecule has 3 rings (SSSR count). The van der Waals surface area contributed by atoms with Crippen LogP contribution in [0.25, 0.3) is 10.8 Å². The van der Waals surface area contributed by atoms with Crippen molar-refractivity contribution in [3.05, 3.63) is 72.3 Å². The van der Waals surface area contributed by atoms with Crippen LogP contribution in [0.2, 0.25) is 0 Å². The van der Waals surface area contributed by atoms with Crippen molar-refractivity contribution in [2.45, 2.75) is 12.8 Å². The minimum Gasteiger partial charge on any atom is -0.399 e. The van der Waals surface area contributed by atoms with E-state index in [9.17, 15) is 4.79 Å². The molecule has 0 heterocycles. The van der Waals surface area contributed by atoms with Gasteiger partial charge in [0.05, 0.1) is 0 Å². The van der Waals surface area contributed by atoms with Gasteiger partial charge in [0.15, 0.2) is 0 Å². The Morgan fingerprint density at radius 1 is 0.909 bits per heavy atom. The first-order valence-corrected chi connectivity index (χ1v) is 7.34. The molecule has 110 valence electrons. The number of fused-ring (bicyclic) bond motifs is 1. The van der Waals surface area contributed by atoms with E-state index < -0.39 is 0 Å². The van der Waals surface area contributed by atoms with Gasteiger partial charge < -0.3 is 11.1 Å². The molecule has 0 fully saturated rings. The molecule has 3 heteroatoms. The number of amides is 1. The smallest absolute Gasteiger partial charge is 0.224 e. The van der Waals surface area contributed by atoms with Crippen molar-refractivity contribution in [2.75, 3.05) is 11.1 Å². The van der Waals surface area contributed by atoms with Gasteiger partial charge in [-0.05, 0) is 35.6 Å². The van der Waals surface area contributed by atoms with Crippen LogP contribution in [0.5, 0.6) is 0 Å². The molecule has 0 aliphatic heterocycles. The Morgan fingerprint density at radius 2 is 1.64 bits per heavy atom. The first-order valence-electron chi connectivity index (χ1n) is 7.34. The van der Waals surface area contributed by atoms with Gasteiger partial charge in [-0.1, -0.05) is 48.5 Å². The molecule has 0 saturated heterocycles. The van der Waals surface area contributed by atoms with Crippen molar-refractivity contribution in [1.82, 2.24) is 0 Å². The number of nitrogens with one attached hydrogen (secondary N) is 1. The lowest BCUT2D eigenvalue weighted by atomic mass is 10.1. The fourth-order valence-corrected chi connectivity index (χ4v) is 2.49. The molecular formula is C19H18N2O. The van der Waals surface area contributed by atoms with Gasteiger partial charge in [-0.25, -0.2) is 0 Å². The molecule has 0 aromatic heterocycles. The van der Waals surface area contributed by atoms with Crippen molar-refractivity contribution in [2.24, 2.45) is 0 Å². The standard InChI is InChI=1S/C19H18N2O/c20-16-11-8-14(9-12-16)10-13-19(22)21-18-7-3-5-15-4-1-2-6-17(15)18/h1-9,11-12H,10,13,20H2,(H,21,22). The van der Waals surface area contributed by atoms with Crippen molar-refractivity contribution < 1.29 is 4.79 Å². The fourth-order valence-electron chi connectivity index (χ4n) is 2.49. The largest absolute Gasteiger partial charge is 0.399 e. The Labute approximate surface area is 129 Å². The summed E-state index contributed by atoms with van der Waals surface area (Å²) in [5.41, 5.74) is 8.37. The Hall–Kier alpha value is -2.81. The molecule has 0 spiro atoms. The number of nitrogen functional groups attached to an aromatic ring is 1. The SMILES string of the molecule is Nc1ccc(CCC(=O)Nc2cccc3ccccc23)cc1. The maximum atomic E-state index is 12.2. The lowest BCUT2D eigenvalue weighted by molar-refractivity contribution is -0.116. The molecular weight excluding hydrogens is 272 g/mol. The number of nitrogens with two attached hydrogens (primary N) is 1. The Bertz CT molecular complexity index is 789. The summed E-state index contributed by atoms with van der Waals surface area (Å²) in [5.74, 6) is 0.0215. The zero-order chi connectivity index (χ0) is 15.4.